The summed E-state index contributed by atoms with van der Waals surface area (Å²) in [5.74, 6) is -0.817. The van der Waals surface area contributed by atoms with E-state index < -0.39 is 20.7 Å². The minimum atomic E-state index is -3.89. The van der Waals surface area contributed by atoms with Crippen molar-refractivity contribution in [3.05, 3.63) is 27.4 Å². The highest BCUT2D eigenvalue weighted by Gasteiger charge is 2.40. The van der Waals surface area contributed by atoms with Crippen molar-refractivity contribution in [2.75, 3.05) is 19.6 Å². The summed E-state index contributed by atoms with van der Waals surface area (Å²) in [7, 11) is -3.89. The van der Waals surface area contributed by atoms with E-state index in [0.717, 1.165) is 12.1 Å². The Kier molecular flexibility index (Phi) is 6.08. The van der Waals surface area contributed by atoms with Crippen molar-refractivity contribution in [1.82, 2.24) is 4.31 Å². The monoisotopic (exact) mass is 420 g/mol. The Morgan fingerprint density at radius 1 is 1.52 bits per heavy atom. The van der Waals surface area contributed by atoms with Gasteiger partial charge in [-0.05, 0) is 46.4 Å². The second kappa shape index (κ2) is 6.68. The highest BCUT2D eigenvalue weighted by atomic mass is 79.9. The number of nitrogens with zero attached hydrogens (tertiary/aromatic N) is 1. The average Bonchev–Trinajstić information content (AvgIpc) is 2.78. The Hall–Kier alpha value is 0.0800. The summed E-state index contributed by atoms with van der Waals surface area (Å²) in [6.45, 7) is 2.94. The molecule has 1 aliphatic rings. The zero-order valence-corrected chi connectivity index (χ0v) is 15.2. The Bertz CT molecular complexity index is 644. The van der Waals surface area contributed by atoms with Gasteiger partial charge in [0.05, 0.1) is 5.02 Å². The molecule has 1 fully saturated rings. The van der Waals surface area contributed by atoms with Gasteiger partial charge in [0.25, 0.3) is 0 Å². The molecule has 120 valence electrons. The molecule has 4 nitrogen and oxygen atoms in total. The average molecular weight is 422 g/mol. The summed E-state index contributed by atoms with van der Waals surface area (Å²) < 4.78 is 40.5. The van der Waals surface area contributed by atoms with Crippen LogP contribution in [0.3, 0.4) is 0 Å². The summed E-state index contributed by atoms with van der Waals surface area (Å²) >= 11 is 8.93. The van der Waals surface area contributed by atoms with Crippen LogP contribution in [0, 0.1) is 11.2 Å². The summed E-state index contributed by atoms with van der Waals surface area (Å²) in [5.41, 5.74) is 5.40. The van der Waals surface area contributed by atoms with Crippen molar-refractivity contribution in [2.45, 2.75) is 18.2 Å². The van der Waals surface area contributed by atoms with Crippen molar-refractivity contribution >= 4 is 50.0 Å². The molecule has 0 aromatic heterocycles. The maximum Gasteiger partial charge on any atom is 0.246 e. The van der Waals surface area contributed by atoms with Gasteiger partial charge in [0.15, 0.2) is 0 Å². The van der Waals surface area contributed by atoms with Crippen LogP contribution in [0.1, 0.15) is 13.3 Å². The highest BCUT2D eigenvalue weighted by molar-refractivity contribution is 9.10. The molecule has 2 N–H and O–H groups in total. The van der Waals surface area contributed by atoms with Crippen LogP contribution in [-0.4, -0.2) is 32.4 Å². The van der Waals surface area contributed by atoms with Gasteiger partial charge >= 0.3 is 0 Å². The van der Waals surface area contributed by atoms with Gasteiger partial charge < -0.3 is 5.73 Å². The van der Waals surface area contributed by atoms with E-state index in [4.69, 9.17) is 17.3 Å². The van der Waals surface area contributed by atoms with Crippen LogP contribution in [-0.2, 0) is 10.0 Å². The topological polar surface area (TPSA) is 63.4 Å². The number of sulfonamides is 1. The third-order valence-electron chi connectivity index (χ3n) is 3.61. The van der Waals surface area contributed by atoms with Gasteiger partial charge in [0.1, 0.15) is 10.7 Å². The zero-order chi connectivity index (χ0) is 15.1. The molecular formula is C12H16BrCl2FN2O2S. The lowest BCUT2D eigenvalue weighted by atomic mass is 9.90. The molecule has 0 bridgehead atoms. The fraction of sp³-hybridized carbons (Fsp3) is 0.500. The van der Waals surface area contributed by atoms with E-state index in [2.05, 4.69) is 15.9 Å². The normalized spacial score (nSPS) is 23.1. The molecule has 1 saturated heterocycles. The van der Waals surface area contributed by atoms with Crippen molar-refractivity contribution in [3.63, 3.8) is 0 Å². The Balaban J connectivity index is 0.00000220. The van der Waals surface area contributed by atoms with Gasteiger partial charge in [-0.25, -0.2) is 12.8 Å². The molecule has 2 rings (SSSR count). The molecule has 1 atom stereocenters. The van der Waals surface area contributed by atoms with E-state index in [1.807, 2.05) is 6.92 Å². The van der Waals surface area contributed by atoms with Gasteiger partial charge in [-0.15, -0.1) is 12.4 Å². The second-order valence-electron chi connectivity index (χ2n) is 5.30. The predicted octanol–water partition coefficient (Wildman–Crippen LogP) is 3.02. The summed E-state index contributed by atoms with van der Waals surface area (Å²) in [6.07, 6.45) is 0.661. The van der Waals surface area contributed by atoms with Crippen LogP contribution >= 0.6 is 39.9 Å². The SMILES string of the molecule is CC1(CN)CCN(S(=O)(=O)c2cc(Cl)c(Br)cc2F)C1.Cl. The lowest BCUT2D eigenvalue weighted by Crippen LogP contribution is -2.34. The van der Waals surface area contributed by atoms with Crippen LogP contribution in [0.4, 0.5) is 4.39 Å². The van der Waals surface area contributed by atoms with Crippen LogP contribution in [0.15, 0.2) is 21.5 Å². The summed E-state index contributed by atoms with van der Waals surface area (Å²) in [6, 6.07) is 2.20. The van der Waals surface area contributed by atoms with Crippen LogP contribution in [0.25, 0.3) is 0 Å². The van der Waals surface area contributed by atoms with Gasteiger partial charge in [-0.3, -0.25) is 0 Å². The number of rotatable bonds is 3. The molecule has 0 amide bonds. The number of hydrogen-bond acceptors (Lipinski definition) is 3. The Labute approximate surface area is 143 Å². The minimum absolute atomic E-state index is 0. The molecule has 1 aromatic rings. The molecule has 1 heterocycles. The third kappa shape index (κ3) is 3.71. The van der Waals surface area contributed by atoms with Crippen molar-refractivity contribution in [1.29, 1.82) is 0 Å². The lowest BCUT2D eigenvalue weighted by molar-refractivity contribution is 0.349. The maximum absolute atomic E-state index is 13.9. The molecule has 0 aliphatic carbocycles. The molecule has 9 heteroatoms. The van der Waals surface area contributed by atoms with Crippen LogP contribution in [0.2, 0.25) is 5.02 Å². The predicted molar refractivity (Wildman–Crippen MR) is 86.9 cm³/mol. The van der Waals surface area contributed by atoms with E-state index in [1.165, 1.54) is 4.31 Å². The first-order chi connectivity index (χ1) is 9.19. The second-order valence-corrected chi connectivity index (χ2v) is 8.47. The van der Waals surface area contributed by atoms with Gasteiger partial charge in [-0.2, -0.15) is 4.31 Å². The quantitative estimate of drug-likeness (QED) is 0.763. The molecular weight excluding hydrogens is 406 g/mol. The first-order valence-corrected chi connectivity index (χ1v) is 8.65. The van der Waals surface area contributed by atoms with Gasteiger partial charge in [0, 0.05) is 17.6 Å². The minimum Gasteiger partial charge on any atom is -0.330 e. The van der Waals surface area contributed by atoms with E-state index in [0.29, 0.717) is 30.5 Å². The Morgan fingerprint density at radius 2 is 2.14 bits per heavy atom. The maximum atomic E-state index is 13.9. The van der Waals surface area contributed by atoms with Crippen LogP contribution < -0.4 is 5.73 Å². The molecule has 0 saturated carbocycles. The van der Waals surface area contributed by atoms with E-state index in [1.54, 1.807) is 0 Å². The van der Waals surface area contributed by atoms with Crippen molar-refractivity contribution in [3.8, 4) is 0 Å². The molecule has 21 heavy (non-hydrogen) atoms. The lowest BCUT2D eigenvalue weighted by Gasteiger charge is -2.22. The first-order valence-electron chi connectivity index (χ1n) is 6.04. The highest BCUT2D eigenvalue weighted by Crippen LogP contribution is 2.35. The van der Waals surface area contributed by atoms with Crippen LogP contribution in [0.5, 0.6) is 0 Å². The van der Waals surface area contributed by atoms with E-state index in [-0.39, 0.29) is 22.8 Å². The fourth-order valence-corrected chi connectivity index (χ4v) is 4.40. The molecule has 0 spiro atoms. The molecule has 1 aromatic carbocycles. The number of halogens is 4. The third-order valence-corrected chi connectivity index (χ3v) is 6.67. The summed E-state index contributed by atoms with van der Waals surface area (Å²) in [5, 5.41) is 0.158. The smallest absolute Gasteiger partial charge is 0.246 e. The number of hydrogen-bond donors (Lipinski definition) is 1. The molecule has 0 radical (unpaired) electrons. The zero-order valence-electron chi connectivity index (χ0n) is 11.3. The fourth-order valence-electron chi connectivity index (χ4n) is 2.19. The number of benzene rings is 1. The largest absolute Gasteiger partial charge is 0.330 e. The van der Waals surface area contributed by atoms with Gasteiger partial charge in [-0.1, -0.05) is 18.5 Å². The number of nitrogens with two attached hydrogens (primary N) is 1. The van der Waals surface area contributed by atoms with E-state index in [9.17, 15) is 12.8 Å². The van der Waals surface area contributed by atoms with Crippen molar-refractivity contribution < 1.29 is 12.8 Å². The van der Waals surface area contributed by atoms with E-state index >= 15 is 0 Å². The van der Waals surface area contributed by atoms with Gasteiger partial charge in [0.2, 0.25) is 10.0 Å². The Morgan fingerprint density at radius 3 is 2.67 bits per heavy atom. The molecule has 1 unspecified atom stereocenters. The summed E-state index contributed by atoms with van der Waals surface area (Å²) in [4.78, 5) is -0.396. The standard InChI is InChI=1S/C12H15BrClFN2O2S.ClH/c1-12(6-16)2-3-17(7-12)20(18,19)11-5-9(14)8(13)4-10(11)15;/h4-5H,2-3,6-7,16H2,1H3;1H. The van der Waals surface area contributed by atoms with Crippen molar-refractivity contribution in [2.24, 2.45) is 11.1 Å². The first kappa shape index (κ1) is 19.1. The molecule has 1 aliphatic heterocycles.